The van der Waals surface area contributed by atoms with Gasteiger partial charge >= 0.3 is 0 Å². The molecule has 0 saturated heterocycles. The van der Waals surface area contributed by atoms with Crippen molar-refractivity contribution in [2.45, 2.75) is 39.0 Å². The summed E-state index contributed by atoms with van der Waals surface area (Å²) >= 11 is 0. The number of aromatic amines is 1. The lowest BCUT2D eigenvalue weighted by atomic mass is 9.76. The van der Waals surface area contributed by atoms with Gasteiger partial charge in [-0.3, -0.25) is 0 Å². The highest BCUT2D eigenvalue weighted by molar-refractivity contribution is 4.94. The van der Waals surface area contributed by atoms with Gasteiger partial charge in [0.2, 0.25) is 0 Å². The molecule has 4 heteroatoms. The van der Waals surface area contributed by atoms with Crippen LogP contribution < -0.4 is 0 Å². The molecule has 1 N–H and O–H groups in total. The Bertz CT molecular complexity index is 257. The molecule has 0 bridgehead atoms. The van der Waals surface area contributed by atoms with E-state index in [-0.39, 0.29) is 0 Å². The molecule has 1 fully saturated rings. The Kier molecular flexibility index (Phi) is 2.29. The Morgan fingerprint density at radius 3 is 2.69 bits per heavy atom. The minimum absolute atomic E-state index is 0.532. The molecule has 1 aromatic heterocycles. The molecule has 2 rings (SSSR count). The van der Waals surface area contributed by atoms with E-state index in [2.05, 4.69) is 34.5 Å². The van der Waals surface area contributed by atoms with Gasteiger partial charge in [0, 0.05) is 5.92 Å². The Hall–Kier alpha value is -0.930. The van der Waals surface area contributed by atoms with E-state index in [0.717, 1.165) is 17.7 Å². The van der Waals surface area contributed by atoms with Crippen LogP contribution in [0.2, 0.25) is 0 Å². The van der Waals surface area contributed by atoms with Crippen molar-refractivity contribution < 1.29 is 0 Å². The fourth-order valence-corrected chi connectivity index (χ4v) is 2.12. The van der Waals surface area contributed by atoms with Gasteiger partial charge < -0.3 is 0 Å². The van der Waals surface area contributed by atoms with Crippen molar-refractivity contribution in [3.63, 3.8) is 0 Å². The highest BCUT2D eigenvalue weighted by Gasteiger charge is 2.27. The van der Waals surface area contributed by atoms with Crippen LogP contribution in [0.3, 0.4) is 0 Å². The number of hydrogen-bond acceptors (Lipinski definition) is 3. The second kappa shape index (κ2) is 3.44. The van der Waals surface area contributed by atoms with Gasteiger partial charge in [-0.1, -0.05) is 19.1 Å². The Labute approximate surface area is 78.1 Å². The molecule has 1 aliphatic carbocycles. The third kappa shape index (κ3) is 1.71. The van der Waals surface area contributed by atoms with Gasteiger partial charge in [0.1, 0.15) is 0 Å². The Morgan fingerprint density at radius 1 is 1.23 bits per heavy atom. The minimum Gasteiger partial charge on any atom is -0.177 e. The molecule has 1 aliphatic rings. The number of H-pyrrole nitrogens is 1. The van der Waals surface area contributed by atoms with E-state index in [1.807, 2.05) is 0 Å². The van der Waals surface area contributed by atoms with Crippen LogP contribution in [0.4, 0.5) is 0 Å². The predicted molar refractivity (Wildman–Crippen MR) is 49.1 cm³/mol. The fourth-order valence-electron chi connectivity index (χ4n) is 2.12. The lowest BCUT2D eigenvalue weighted by molar-refractivity contribution is 0.245. The molecule has 72 valence electrons. The van der Waals surface area contributed by atoms with Crippen molar-refractivity contribution in [2.75, 3.05) is 0 Å². The third-order valence-electron chi connectivity index (χ3n) is 3.33. The number of nitrogens with zero attached hydrogens (tertiary/aromatic N) is 3. The second-order valence-electron chi connectivity index (χ2n) is 4.23. The molecule has 3 unspecified atom stereocenters. The molecule has 4 nitrogen and oxygen atoms in total. The topological polar surface area (TPSA) is 54.5 Å². The zero-order valence-electron chi connectivity index (χ0n) is 8.20. The van der Waals surface area contributed by atoms with Crippen molar-refractivity contribution >= 4 is 0 Å². The molecule has 0 aliphatic heterocycles. The molecule has 0 amide bonds. The summed E-state index contributed by atoms with van der Waals surface area (Å²) in [7, 11) is 0. The molecular weight excluding hydrogens is 164 g/mol. The largest absolute Gasteiger partial charge is 0.177 e. The maximum Gasteiger partial charge on any atom is 0.177 e. The van der Waals surface area contributed by atoms with Crippen LogP contribution >= 0.6 is 0 Å². The fraction of sp³-hybridized carbons (Fsp3) is 0.889. The highest BCUT2D eigenvalue weighted by atomic mass is 15.5. The Morgan fingerprint density at radius 2 is 2.08 bits per heavy atom. The first-order valence-electron chi connectivity index (χ1n) is 5.00. The van der Waals surface area contributed by atoms with Crippen LogP contribution in [0, 0.1) is 11.8 Å². The number of aromatic nitrogens is 4. The van der Waals surface area contributed by atoms with E-state index in [4.69, 9.17) is 0 Å². The quantitative estimate of drug-likeness (QED) is 0.716. The van der Waals surface area contributed by atoms with Crippen molar-refractivity contribution in [1.29, 1.82) is 0 Å². The van der Waals surface area contributed by atoms with Crippen molar-refractivity contribution in [3.8, 4) is 0 Å². The molecule has 0 spiro atoms. The normalized spacial score (nSPS) is 34.8. The van der Waals surface area contributed by atoms with Gasteiger partial charge in [0.05, 0.1) is 0 Å². The zero-order chi connectivity index (χ0) is 9.26. The number of nitrogens with one attached hydrogen (secondary N) is 1. The van der Waals surface area contributed by atoms with E-state index >= 15 is 0 Å². The summed E-state index contributed by atoms with van der Waals surface area (Å²) in [5, 5.41) is 14.2. The summed E-state index contributed by atoms with van der Waals surface area (Å²) in [4.78, 5) is 0. The second-order valence-corrected chi connectivity index (χ2v) is 4.23. The van der Waals surface area contributed by atoms with E-state index in [9.17, 15) is 0 Å². The van der Waals surface area contributed by atoms with E-state index in [0.29, 0.717) is 5.92 Å². The van der Waals surface area contributed by atoms with Crippen LogP contribution in [0.15, 0.2) is 0 Å². The molecule has 0 aromatic carbocycles. The zero-order valence-corrected chi connectivity index (χ0v) is 8.20. The van der Waals surface area contributed by atoms with Gasteiger partial charge in [-0.05, 0) is 31.1 Å². The van der Waals surface area contributed by atoms with E-state index in [1.165, 1.54) is 19.3 Å². The maximum atomic E-state index is 4.05. The Balaban J connectivity index is 2.03. The smallest absolute Gasteiger partial charge is 0.177 e. The monoisotopic (exact) mass is 180 g/mol. The summed E-state index contributed by atoms with van der Waals surface area (Å²) in [6.45, 7) is 4.65. The van der Waals surface area contributed by atoms with Crippen LogP contribution in [0.5, 0.6) is 0 Å². The van der Waals surface area contributed by atoms with Gasteiger partial charge in [-0.2, -0.15) is 5.21 Å². The van der Waals surface area contributed by atoms with Crippen LogP contribution in [-0.4, -0.2) is 20.6 Å². The summed E-state index contributed by atoms with van der Waals surface area (Å²) < 4.78 is 0. The van der Waals surface area contributed by atoms with Gasteiger partial charge in [0.25, 0.3) is 0 Å². The third-order valence-corrected chi connectivity index (χ3v) is 3.33. The van der Waals surface area contributed by atoms with E-state index < -0.39 is 0 Å². The molecular formula is C9H16N4. The number of tetrazole rings is 1. The van der Waals surface area contributed by atoms with Gasteiger partial charge in [-0.15, -0.1) is 10.2 Å². The highest BCUT2D eigenvalue weighted by Crippen LogP contribution is 2.37. The molecule has 1 saturated carbocycles. The average Bonchev–Trinajstić information content (AvgIpc) is 2.62. The summed E-state index contributed by atoms with van der Waals surface area (Å²) in [6, 6.07) is 0. The predicted octanol–water partition coefficient (Wildman–Crippen LogP) is 1.74. The first-order chi connectivity index (χ1) is 6.27. The molecule has 1 heterocycles. The molecule has 13 heavy (non-hydrogen) atoms. The summed E-state index contributed by atoms with van der Waals surface area (Å²) in [5.41, 5.74) is 0. The molecule has 3 atom stereocenters. The first kappa shape index (κ1) is 8.66. The summed E-state index contributed by atoms with van der Waals surface area (Å²) in [5.74, 6) is 3.07. The van der Waals surface area contributed by atoms with Gasteiger partial charge in [0.15, 0.2) is 5.82 Å². The summed E-state index contributed by atoms with van der Waals surface area (Å²) in [6.07, 6.45) is 3.71. The maximum absolute atomic E-state index is 4.05. The van der Waals surface area contributed by atoms with Crippen molar-refractivity contribution in [3.05, 3.63) is 5.82 Å². The van der Waals surface area contributed by atoms with Gasteiger partial charge in [-0.25, -0.2) is 0 Å². The van der Waals surface area contributed by atoms with Crippen molar-refractivity contribution in [2.24, 2.45) is 11.8 Å². The SMILES string of the molecule is CC1CCC(c2nn[nH]n2)CC1C. The number of hydrogen-bond donors (Lipinski definition) is 1. The lowest BCUT2D eigenvalue weighted by Gasteiger charge is -2.30. The van der Waals surface area contributed by atoms with Crippen LogP contribution in [0.1, 0.15) is 44.9 Å². The molecule has 0 radical (unpaired) electrons. The minimum atomic E-state index is 0.532. The molecule has 1 aromatic rings. The first-order valence-corrected chi connectivity index (χ1v) is 5.00. The van der Waals surface area contributed by atoms with Crippen LogP contribution in [-0.2, 0) is 0 Å². The average molecular weight is 180 g/mol. The van der Waals surface area contributed by atoms with Crippen molar-refractivity contribution in [1.82, 2.24) is 20.6 Å². The van der Waals surface area contributed by atoms with Crippen LogP contribution in [0.25, 0.3) is 0 Å². The lowest BCUT2D eigenvalue weighted by Crippen LogP contribution is -2.20. The number of rotatable bonds is 1. The van der Waals surface area contributed by atoms with E-state index in [1.54, 1.807) is 0 Å². The standard InChI is InChI=1S/C9H16N4/c1-6-3-4-8(5-7(6)2)9-10-12-13-11-9/h6-8H,3-5H2,1-2H3,(H,10,11,12,13).